The first-order valence-corrected chi connectivity index (χ1v) is 7.30. The molecule has 1 fully saturated rings. The molecule has 1 atom stereocenters. The summed E-state index contributed by atoms with van der Waals surface area (Å²) in [6, 6.07) is 7.31. The van der Waals surface area contributed by atoms with Crippen LogP contribution in [0.2, 0.25) is 0 Å². The second-order valence-electron chi connectivity index (χ2n) is 5.18. The zero-order chi connectivity index (χ0) is 14.4. The molecule has 1 aliphatic rings. The second kappa shape index (κ2) is 7.17. The molecule has 0 radical (unpaired) electrons. The number of likely N-dealkylation sites (tertiary alicyclic amines) is 1. The van der Waals surface area contributed by atoms with Gasteiger partial charge in [-0.2, -0.15) is 0 Å². The van der Waals surface area contributed by atoms with Gasteiger partial charge in [0.1, 0.15) is 11.5 Å². The molecular weight excluding hydrogens is 254 g/mol. The maximum atomic E-state index is 12.4. The number of carbonyl (C=O) groups excluding carboxylic acids is 1. The van der Waals surface area contributed by atoms with E-state index in [2.05, 4.69) is 0 Å². The van der Waals surface area contributed by atoms with Crippen LogP contribution < -0.4 is 9.47 Å². The first-order chi connectivity index (χ1) is 9.70. The van der Waals surface area contributed by atoms with Crippen molar-refractivity contribution in [1.82, 2.24) is 4.90 Å². The molecule has 1 amide bonds. The van der Waals surface area contributed by atoms with E-state index in [0.29, 0.717) is 5.75 Å². The maximum absolute atomic E-state index is 12.4. The van der Waals surface area contributed by atoms with Crippen LogP contribution in [0.25, 0.3) is 0 Å². The SMILES string of the molecule is COc1ccc(O[C@@H](C)C(=O)N2CCCCCC2)cc1. The molecule has 1 saturated heterocycles. The smallest absolute Gasteiger partial charge is 0.263 e. The minimum Gasteiger partial charge on any atom is -0.497 e. The molecule has 1 aromatic carbocycles. The van der Waals surface area contributed by atoms with E-state index in [1.165, 1.54) is 12.8 Å². The molecular formula is C16H23NO3. The van der Waals surface area contributed by atoms with E-state index in [4.69, 9.17) is 9.47 Å². The van der Waals surface area contributed by atoms with E-state index in [-0.39, 0.29) is 5.91 Å². The number of carbonyl (C=O) groups is 1. The van der Waals surface area contributed by atoms with Crippen molar-refractivity contribution in [3.05, 3.63) is 24.3 Å². The van der Waals surface area contributed by atoms with Gasteiger partial charge >= 0.3 is 0 Å². The third-order valence-electron chi connectivity index (χ3n) is 3.64. The fourth-order valence-electron chi connectivity index (χ4n) is 2.46. The van der Waals surface area contributed by atoms with Crippen molar-refractivity contribution < 1.29 is 14.3 Å². The monoisotopic (exact) mass is 277 g/mol. The minimum atomic E-state index is -0.443. The van der Waals surface area contributed by atoms with Gasteiger partial charge in [0, 0.05) is 13.1 Å². The molecule has 0 saturated carbocycles. The van der Waals surface area contributed by atoms with Crippen LogP contribution in [0.1, 0.15) is 32.6 Å². The summed E-state index contributed by atoms with van der Waals surface area (Å²) >= 11 is 0. The van der Waals surface area contributed by atoms with Gasteiger partial charge in [-0.1, -0.05) is 12.8 Å². The summed E-state index contributed by atoms with van der Waals surface area (Å²) < 4.78 is 10.8. The molecule has 0 aromatic heterocycles. The normalized spacial score (nSPS) is 17.2. The fourth-order valence-corrected chi connectivity index (χ4v) is 2.46. The summed E-state index contributed by atoms with van der Waals surface area (Å²) in [5, 5.41) is 0. The van der Waals surface area contributed by atoms with Gasteiger partial charge < -0.3 is 14.4 Å². The van der Waals surface area contributed by atoms with Crippen LogP contribution in [0.4, 0.5) is 0 Å². The van der Waals surface area contributed by atoms with Gasteiger partial charge in [-0.15, -0.1) is 0 Å². The van der Waals surface area contributed by atoms with Crippen LogP contribution in [0.5, 0.6) is 11.5 Å². The summed E-state index contributed by atoms with van der Waals surface area (Å²) in [5.74, 6) is 1.56. The van der Waals surface area contributed by atoms with Crippen LogP contribution in [-0.4, -0.2) is 37.1 Å². The Kier molecular flexibility index (Phi) is 5.27. The Morgan fingerprint density at radius 1 is 1.05 bits per heavy atom. The number of rotatable bonds is 4. The van der Waals surface area contributed by atoms with Crippen molar-refractivity contribution in [2.75, 3.05) is 20.2 Å². The number of hydrogen-bond acceptors (Lipinski definition) is 3. The number of hydrogen-bond donors (Lipinski definition) is 0. The zero-order valence-electron chi connectivity index (χ0n) is 12.3. The molecule has 1 heterocycles. The third-order valence-corrected chi connectivity index (χ3v) is 3.64. The van der Waals surface area contributed by atoms with Crippen LogP contribution in [0.15, 0.2) is 24.3 Å². The average Bonchev–Trinajstić information content (AvgIpc) is 2.76. The topological polar surface area (TPSA) is 38.8 Å². The summed E-state index contributed by atoms with van der Waals surface area (Å²) in [4.78, 5) is 14.3. The third kappa shape index (κ3) is 3.89. The molecule has 0 bridgehead atoms. The van der Waals surface area contributed by atoms with Gasteiger partial charge in [-0.25, -0.2) is 0 Å². The lowest BCUT2D eigenvalue weighted by Crippen LogP contribution is -2.40. The van der Waals surface area contributed by atoms with Gasteiger partial charge in [0.25, 0.3) is 5.91 Å². The van der Waals surface area contributed by atoms with Crippen molar-refractivity contribution in [2.24, 2.45) is 0 Å². The van der Waals surface area contributed by atoms with Crippen LogP contribution in [0.3, 0.4) is 0 Å². The predicted molar refractivity (Wildman–Crippen MR) is 78.1 cm³/mol. The Morgan fingerprint density at radius 3 is 2.15 bits per heavy atom. The lowest BCUT2D eigenvalue weighted by Gasteiger charge is -2.24. The second-order valence-corrected chi connectivity index (χ2v) is 5.18. The van der Waals surface area contributed by atoms with Gasteiger partial charge in [-0.05, 0) is 44.0 Å². The highest BCUT2D eigenvalue weighted by molar-refractivity contribution is 5.80. The molecule has 4 nitrogen and oxygen atoms in total. The first-order valence-electron chi connectivity index (χ1n) is 7.30. The Bertz CT molecular complexity index is 422. The number of amides is 1. The van der Waals surface area contributed by atoms with Gasteiger partial charge in [0.15, 0.2) is 6.10 Å². The molecule has 0 spiro atoms. The van der Waals surface area contributed by atoms with Crippen molar-refractivity contribution >= 4 is 5.91 Å². The van der Waals surface area contributed by atoms with Gasteiger partial charge in [0.2, 0.25) is 0 Å². The van der Waals surface area contributed by atoms with Crippen LogP contribution in [0, 0.1) is 0 Å². The van der Waals surface area contributed by atoms with Crippen molar-refractivity contribution in [3.63, 3.8) is 0 Å². The molecule has 1 aliphatic heterocycles. The molecule has 0 N–H and O–H groups in total. The summed E-state index contributed by atoms with van der Waals surface area (Å²) in [7, 11) is 1.63. The van der Waals surface area contributed by atoms with E-state index in [1.54, 1.807) is 7.11 Å². The number of methoxy groups -OCH3 is 1. The highest BCUT2D eigenvalue weighted by Crippen LogP contribution is 2.19. The lowest BCUT2D eigenvalue weighted by molar-refractivity contribution is -0.137. The van der Waals surface area contributed by atoms with Crippen LogP contribution >= 0.6 is 0 Å². The maximum Gasteiger partial charge on any atom is 0.263 e. The average molecular weight is 277 g/mol. The van der Waals surface area contributed by atoms with E-state index in [1.807, 2.05) is 36.1 Å². The standard InChI is InChI=1S/C16H23NO3/c1-13(16(18)17-11-5-3-4-6-12-17)20-15-9-7-14(19-2)8-10-15/h7-10,13H,3-6,11-12H2,1-2H3/t13-/m0/s1. The molecule has 20 heavy (non-hydrogen) atoms. The number of nitrogens with zero attached hydrogens (tertiary/aromatic N) is 1. The first kappa shape index (κ1) is 14.7. The Hall–Kier alpha value is -1.71. The van der Waals surface area contributed by atoms with Crippen LogP contribution in [-0.2, 0) is 4.79 Å². The molecule has 110 valence electrons. The molecule has 4 heteroatoms. The van der Waals surface area contributed by atoms with Crippen molar-refractivity contribution in [2.45, 2.75) is 38.7 Å². The number of benzene rings is 1. The summed E-state index contributed by atoms with van der Waals surface area (Å²) in [6.07, 6.45) is 4.19. The predicted octanol–water partition coefficient (Wildman–Crippen LogP) is 2.87. The molecule has 2 rings (SSSR count). The van der Waals surface area contributed by atoms with E-state index in [9.17, 15) is 4.79 Å². The van der Waals surface area contributed by atoms with Gasteiger partial charge in [-0.3, -0.25) is 4.79 Å². The Morgan fingerprint density at radius 2 is 1.60 bits per heavy atom. The summed E-state index contributed by atoms with van der Waals surface area (Å²) in [5.41, 5.74) is 0. The number of ether oxygens (including phenoxy) is 2. The quantitative estimate of drug-likeness (QED) is 0.849. The van der Waals surface area contributed by atoms with E-state index < -0.39 is 6.10 Å². The molecule has 0 unspecified atom stereocenters. The highest BCUT2D eigenvalue weighted by atomic mass is 16.5. The zero-order valence-corrected chi connectivity index (χ0v) is 12.3. The highest BCUT2D eigenvalue weighted by Gasteiger charge is 2.22. The van der Waals surface area contributed by atoms with E-state index >= 15 is 0 Å². The summed E-state index contributed by atoms with van der Waals surface area (Å²) in [6.45, 7) is 3.53. The molecule has 1 aromatic rings. The van der Waals surface area contributed by atoms with E-state index in [0.717, 1.165) is 31.7 Å². The largest absolute Gasteiger partial charge is 0.497 e. The fraction of sp³-hybridized carbons (Fsp3) is 0.562. The minimum absolute atomic E-state index is 0.0859. The van der Waals surface area contributed by atoms with Crippen molar-refractivity contribution in [3.8, 4) is 11.5 Å². The Labute approximate surface area is 120 Å². The Balaban J connectivity index is 1.92. The molecule has 0 aliphatic carbocycles. The lowest BCUT2D eigenvalue weighted by atomic mass is 10.2. The van der Waals surface area contributed by atoms with Gasteiger partial charge in [0.05, 0.1) is 7.11 Å². The van der Waals surface area contributed by atoms with Crippen molar-refractivity contribution in [1.29, 1.82) is 0 Å².